The third-order valence-electron chi connectivity index (χ3n) is 1.77. The van der Waals surface area contributed by atoms with E-state index in [0.717, 1.165) is 0 Å². The highest BCUT2D eigenvalue weighted by molar-refractivity contribution is 9.10. The Hall–Kier alpha value is -1.23. The van der Waals surface area contributed by atoms with E-state index in [1.807, 2.05) is 0 Å². The lowest BCUT2D eigenvalue weighted by molar-refractivity contribution is -0.138. The van der Waals surface area contributed by atoms with Gasteiger partial charge in [-0.05, 0) is 28.1 Å². The molecule has 0 fully saturated rings. The molecule has 1 aromatic rings. The number of carboxylic acids is 1. The highest BCUT2D eigenvalue weighted by Gasteiger charge is 2.07. The number of hydrogen-bond donors (Lipinski definition) is 1. The van der Waals surface area contributed by atoms with E-state index in [1.165, 1.54) is 0 Å². The predicted octanol–water partition coefficient (Wildman–Crippen LogP) is 1.82. The van der Waals surface area contributed by atoms with E-state index in [9.17, 15) is 9.59 Å². The van der Waals surface area contributed by atoms with Crippen molar-refractivity contribution >= 4 is 27.7 Å². The Balaban J connectivity index is 2.48. The van der Waals surface area contributed by atoms with Crippen LogP contribution >= 0.6 is 15.9 Å². The molecule has 0 aliphatic heterocycles. The van der Waals surface area contributed by atoms with E-state index in [0.29, 0.717) is 10.3 Å². The van der Waals surface area contributed by atoms with Gasteiger partial charge >= 0.3 is 5.97 Å². The van der Waals surface area contributed by atoms with Crippen LogP contribution in [-0.2, 0) is 16.0 Å². The Bertz CT molecular complexity index is 379. The van der Waals surface area contributed by atoms with Crippen LogP contribution in [0.4, 0.5) is 0 Å². The van der Waals surface area contributed by atoms with Crippen molar-refractivity contribution in [3.8, 4) is 0 Å². The molecule has 80 valence electrons. The van der Waals surface area contributed by atoms with Crippen molar-refractivity contribution in [3.63, 3.8) is 0 Å². The van der Waals surface area contributed by atoms with Gasteiger partial charge in [-0.3, -0.25) is 9.59 Å². The first-order valence-electron chi connectivity index (χ1n) is 4.43. The van der Waals surface area contributed by atoms with Crippen LogP contribution < -0.4 is 0 Å². The summed E-state index contributed by atoms with van der Waals surface area (Å²) >= 11 is 3.20. The summed E-state index contributed by atoms with van der Waals surface area (Å²) in [4.78, 5) is 25.6. The second-order valence-corrected chi connectivity index (χ2v) is 3.87. The molecule has 0 amide bonds. The van der Waals surface area contributed by atoms with Crippen molar-refractivity contribution in [2.75, 3.05) is 0 Å². The first kappa shape index (κ1) is 11.8. The molecule has 0 aliphatic carbocycles. The zero-order valence-corrected chi connectivity index (χ0v) is 9.53. The van der Waals surface area contributed by atoms with E-state index in [4.69, 9.17) is 5.11 Å². The van der Waals surface area contributed by atoms with Gasteiger partial charge in [-0.15, -0.1) is 0 Å². The summed E-state index contributed by atoms with van der Waals surface area (Å²) < 4.78 is 0.672. The summed E-state index contributed by atoms with van der Waals surface area (Å²) in [5.74, 6) is -1.06. The molecule has 4 nitrogen and oxygen atoms in total. The first-order valence-corrected chi connectivity index (χ1v) is 5.22. The van der Waals surface area contributed by atoms with Crippen LogP contribution in [0.5, 0.6) is 0 Å². The molecule has 0 unspecified atom stereocenters. The van der Waals surface area contributed by atoms with Gasteiger partial charge in [-0.1, -0.05) is 6.07 Å². The largest absolute Gasteiger partial charge is 0.481 e. The zero-order chi connectivity index (χ0) is 11.3. The topological polar surface area (TPSA) is 67.3 Å². The Morgan fingerprint density at radius 1 is 1.33 bits per heavy atom. The maximum absolute atomic E-state index is 11.3. The Morgan fingerprint density at radius 2 is 2.07 bits per heavy atom. The maximum Gasteiger partial charge on any atom is 0.303 e. The van der Waals surface area contributed by atoms with Crippen LogP contribution in [0.2, 0.25) is 0 Å². The Morgan fingerprint density at radius 3 is 2.67 bits per heavy atom. The normalized spacial score (nSPS) is 9.93. The number of nitrogens with zero attached hydrogens (tertiary/aromatic N) is 1. The third-order valence-corrected chi connectivity index (χ3v) is 2.21. The minimum absolute atomic E-state index is 0.0591. The highest BCUT2D eigenvalue weighted by atomic mass is 79.9. The van der Waals surface area contributed by atoms with Gasteiger partial charge in [-0.2, -0.15) is 0 Å². The fourth-order valence-corrected chi connectivity index (χ4v) is 1.47. The number of Topliss-reactive ketones (excluding diaryl/α,β-unsaturated/α-hetero) is 1. The van der Waals surface area contributed by atoms with Crippen LogP contribution in [0.1, 0.15) is 18.5 Å². The number of carbonyl (C=O) groups is 2. The van der Waals surface area contributed by atoms with Gasteiger partial charge < -0.3 is 5.11 Å². The predicted molar refractivity (Wildman–Crippen MR) is 57.5 cm³/mol. The quantitative estimate of drug-likeness (QED) is 0.830. The molecule has 0 atom stereocenters. The van der Waals surface area contributed by atoms with Gasteiger partial charge in [-0.25, -0.2) is 4.98 Å². The zero-order valence-electron chi connectivity index (χ0n) is 7.94. The summed E-state index contributed by atoms with van der Waals surface area (Å²) in [7, 11) is 0. The van der Waals surface area contributed by atoms with E-state index in [2.05, 4.69) is 20.9 Å². The van der Waals surface area contributed by atoms with Gasteiger partial charge in [0.25, 0.3) is 0 Å². The average molecular weight is 272 g/mol. The number of halogens is 1. The number of carboxylic acid groups (broad SMARTS) is 1. The molecule has 0 radical (unpaired) electrons. The standard InChI is InChI=1S/C10H10BrNO3/c11-9-3-1-2-7(12-9)6-8(13)4-5-10(14)15/h1-3H,4-6H2,(H,14,15). The lowest BCUT2D eigenvalue weighted by Gasteiger charge is -1.99. The minimum Gasteiger partial charge on any atom is -0.481 e. The van der Waals surface area contributed by atoms with Crippen LogP contribution in [0.3, 0.4) is 0 Å². The van der Waals surface area contributed by atoms with Gasteiger partial charge in [0.2, 0.25) is 0 Å². The fourth-order valence-electron chi connectivity index (χ4n) is 1.09. The summed E-state index contributed by atoms with van der Waals surface area (Å²) in [5, 5.41) is 8.40. The van der Waals surface area contributed by atoms with Gasteiger partial charge in [0.1, 0.15) is 10.4 Å². The molecular formula is C10H10BrNO3. The monoisotopic (exact) mass is 271 g/mol. The summed E-state index contributed by atoms with van der Waals surface area (Å²) in [5.41, 5.74) is 0.653. The second-order valence-electron chi connectivity index (χ2n) is 3.06. The van der Waals surface area contributed by atoms with E-state index < -0.39 is 5.97 Å². The fraction of sp³-hybridized carbons (Fsp3) is 0.300. The van der Waals surface area contributed by atoms with Gasteiger partial charge in [0.05, 0.1) is 6.42 Å². The molecule has 15 heavy (non-hydrogen) atoms. The molecule has 5 heteroatoms. The van der Waals surface area contributed by atoms with Crippen molar-refractivity contribution in [2.45, 2.75) is 19.3 Å². The smallest absolute Gasteiger partial charge is 0.303 e. The number of aliphatic carboxylic acids is 1. The third kappa shape index (κ3) is 4.69. The molecule has 1 heterocycles. The average Bonchev–Trinajstić information content (AvgIpc) is 2.15. The summed E-state index contributed by atoms with van der Waals surface area (Å²) in [6.45, 7) is 0. The lowest BCUT2D eigenvalue weighted by Crippen LogP contribution is -2.07. The minimum atomic E-state index is -0.953. The van der Waals surface area contributed by atoms with Gasteiger partial charge in [0, 0.05) is 18.5 Å². The van der Waals surface area contributed by atoms with Crippen LogP contribution in [0.15, 0.2) is 22.8 Å². The Labute approximate surface area is 95.5 Å². The molecular weight excluding hydrogens is 262 g/mol. The molecule has 0 saturated carbocycles. The van der Waals surface area contributed by atoms with E-state index in [-0.39, 0.29) is 25.0 Å². The molecule has 0 spiro atoms. The number of carbonyl (C=O) groups excluding carboxylic acids is 1. The van der Waals surface area contributed by atoms with E-state index >= 15 is 0 Å². The molecule has 1 rings (SSSR count). The summed E-state index contributed by atoms with van der Waals surface area (Å²) in [6, 6.07) is 5.30. The van der Waals surface area contributed by atoms with Crippen molar-refractivity contribution in [3.05, 3.63) is 28.5 Å². The Kier molecular flexibility index (Phi) is 4.42. The van der Waals surface area contributed by atoms with Crippen molar-refractivity contribution in [1.82, 2.24) is 4.98 Å². The number of ketones is 1. The van der Waals surface area contributed by atoms with Crippen molar-refractivity contribution in [1.29, 1.82) is 0 Å². The number of rotatable bonds is 5. The first-order chi connectivity index (χ1) is 7.08. The van der Waals surface area contributed by atoms with Crippen LogP contribution in [0.25, 0.3) is 0 Å². The molecule has 1 N–H and O–H groups in total. The lowest BCUT2D eigenvalue weighted by atomic mass is 10.1. The molecule has 0 bridgehead atoms. The van der Waals surface area contributed by atoms with Crippen LogP contribution in [0, 0.1) is 0 Å². The molecule has 0 aliphatic rings. The number of aromatic nitrogens is 1. The highest BCUT2D eigenvalue weighted by Crippen LogP contribution is 2.08. The SMILES string of the molecule is O=C(O)CCC(=O)Cc1cccc(Br)n1. The molecule has 1 aromatic heterocycles. The van der Waals surface area contributed by atoms with Gasteiger partial charge in [0.15, 0.2) is 0 Å². The van der Waals surface area contributed by atoms with E-state index in [1.54, 1.807) is 18.2 Å². The molecule has 0 aromatic carbocycles. The number of pyridine rings is 1. The van der Waals surface area contributed by atoms with Crippen molar-refractivity contribution < 1.29 is 14.7 Å². The van der Waals surface area contributed by atoms with Crippen LogP contribution in [-0.4, -0.2) is 21.8 Å². The number of hydrogen-bond acceptors (Lipinski definition) is 3. The summed E-state index contributed by atoms with van der Waals surface area (Å²) in [6.07, 6.45) is 0.128. The molecule has 0 saturated heterocycles. The van der Waals surface area contributed by atoms with Crippen molar-refractivity contribution in [2.24, 2.45) is 0 Å². The second kappa shape index (κ2) is 5.60. The maximum atomic E-state index is 11.3.